The molecule has 0 amide bonds. The summed E-state index contributed by atoms with van der Waals surface area (Å²) in [5.74, 6) is 0. The Balaban J connectivity index is 2.34. The lowest BCUT2D eigenvalue weighted by molar-refractivity contribution is 0.607. The highest BCUT2D eigenvalue weighted by Gasteiger charge is 2.03. The van der Waals surface area contributed by atoms with E-state index < -0.39 is 0 Å². The van der Waals surface area contributed by atoms with Crippen LogP contribution >= 0.6 is 0 Å². The van der Waals surface area contributed by atoms with Crippen LogP contribution in [0, 0.1) is 0 Å². The molecule has 2 nitrogen and oxygen atoms in total. The van der Waals surface area contributed by atoms with Crippen LogP contribution in [0.15, 0.2) is 42.6 Å². The van der Waals surface area contributed by atoms with Crippen LogP contribution in [-0.2, 0) is 6.42 Å². The Morgan fingerprint density at radius 2 is 1.93 bits per heavy atom. The zero-order chi connectivity index (χ0) is 10.4. The van der Waals surface area contributed by atoms with Crippen molar-refractivity contribution in [3.8, 4) is 0 Å². The molecule has 0 radical (unpaired) electrons. The van der Waals surface area contributed by atoms with Crippen LogP contribution in [0.25, 0.3) is 0 Å². The summed E-state index contributed by atoms with van der Waals surface area (Å²) >= 11 is 0. The summed E-state index contributed by atoms with van der Waals surface area (Å²) in [4.78, 5) is 0. The molecule has 0 aliphatic rings. The quantitative estimate of drug-likeness (QED) is 0.744. The lowest BCUT2D eigenvalue weighted by Crippen LogP contribution is -2.23. The van der Waals surface area contributed by atoms with E-state index in [9.17, 15) is 0 Å². The molecule has 0 aliphatic carbocycles. The van der Waals surface area contributed by atoms with Gasteiger partial charge in [-0.15, -0.1) is 0 Å². The number of hydrogen-bond donors (Lipinski definition) is 2. The Morgan fingerprint density at radius 3 is 2.50 bits per heavy atom. The Bertz CT molecular complexity index is 280. The highest BCUT2D eigenvalue weighted by molar-refractivity contribution is 5.15. The van der Waals surface area contributed by atoms with Gasteiger partial charge >= 0.3 is 0 Å². The average Bonchev–Trinajstić information content (AvgIpc) is 2.16. The Hall–Kier alpha value is -1.28. The first kappa shape index (κ1) is 10.8. The standard InChI is InChI=1S/C12H18N2/c1-10(13)7-8-12(14)9-11-5-3-2-4-6-11/h2-6,12H,1,7-9,13-14H2. The molecule has 1 atom stereocenters. The van der Waals surface area contributed by atoms with E-state index in [1.54, 1.807) is 0 Å². The van der Waals surface area contributed by atoms with Crippen molar-refractivity contribution in [1.82, 2.24) is 0 Å². The van der Waals surface area contributed by atoms with Gasteiger partial charge in [0.25, 0.3) is 0 Å². The first-order valence-electron chi connectivity index (χ1n) is 4.91. The van der Waals surface area contributed by atoms with E-state index in [4.69, 9.17) is 11.5 Å². The highest BCUT2D eigenvalue weighted by atomic mass is 14.6. The fourth-order valence-corrected chi connectivity index (χ4v) is 1.39. The third-order valence-electron chi connectivity index (χ3n) is 2.18. The second-order valence-corrected chi connectivity index (χ2v) is 3.65. The van der Waals surface area contributed by atoms with Crippen molar-refractivity contribution in [2.45, 2.75) is 25.3 Å². The molecule has 1 aromatic carbocycles. The molecule has 0 saturated heterocycles. The Morgan fingerprint density at radius 1 is 1.29 bits per heavy atom. The maximum absolute atomic E-state index is 5.96. The van der Waals surface area contributed by atoms with Gasteiger partial charge in [0.1, 0.15) is 0 Å². The predicted octanol–water partition coefficient (Wildman–Crippen LogP) is 1.81. The van der Waals surface area contributed by atoms with Crippen molar-refractivity contribution in [2.24, 2.45) is 11.5 Å². The largest absolute Gasteiger partial charge is 0.403 e. The molecule has 2 heteroatoms. The van der Waals surface area contributed by atoms with Gasteiger partial charge in [0.15, 0.2) is 0 Å². The summed E-state index contributed by atoms with van der Waals surface area (Å²) < 4.78 is 0. The minimum Gasteiger partial charge on any atom is -0.403 e. The minimum atomic E-state index is 0.178. The topological polar surface area (TPSA) is 52.0 Å². The third kappa shape index (κ3) is 4.10. The van der Waals surface area contributed by atoms with E-state index in [2.05, 4.69) is 18.7 Å². The Labute approximate surface area is 85.6 Å². The summed E-state index contributed by atoms with van der Waals surface area (Å²) in [5, 5.41) is 0. The van der Waals surface area contributed by atoms with Crippen molar-refractivity contribution in [2.75, 3.05) is 0 Å². The predicted molar refractivity (Wildman–Crippen MR) is 60.7 cm³/mol. The van der Waals surface area contributed by atoms with Gasteiger partial charge in [-0.3, -0.25) is 0 Å². The molecule has 1 unspecified atom stereocenters. The maximum Gasteiger partial charge on any atom is 0.00830 e. The first-order valence-corrected chi connectivity index (χ1v) is 4.91. The maximum atomic E-state index is 5.96. The van der Waals surface area contributed by atoms with Gasteiger partial charge in [-0.1, -0.05) is 36.9 Å². The summed E-state index contributed by atoms with van der Waals surface area (Å²) in [6, 6.07) is 10.4. The molecule has 0 aromatic heterocycles. The number of hydrogen-bond acceptors (Lipinski definition) is 2. The molecule has 0 saturated carbocycles. The van der Waals surface area contributed by atoms with E-state index in [0.717, 1.165) is 19.3 Å². The minimum absolute atomic E-state index is 0.178. The highest BCUT2D eigenvalue weighted by Crippen LogP contribution is 2.06. The van der Waals surface area contributed by atoms with E-state index in [0.29, 0.717) is 5.70 Å². The van der Waals surface area contributed by atoms with Crippen molar-refractivity contribution >= 4 is 0 Å². The molecule has 76 valence electrons. The van der Waals surface area contributed by atoms with Crippen molar-refractivity contribution in [3.63, 3.8) is 0 Å². The number of benzene rings is 1. The molecular formula is C12H18N2. The van der Waals surface area contributed by atoms with Crippen LogP contribution < -0.4 is 11.5 Å². The van der Waals surface area contributed by atoms with Gasteiger partial charge in [-0.25, -0.2) is 0 Å². The molecule has 0 fully saturated rings. The molecule has 0 aliphatic heterocycles. The van der Waals surface area contributed by atoms with Crippen LogP contribution in [-0.4, -0.2) is 6.04 Å². The van der Waals surface area contributed by atoms with Crippen LogP contribution in [0.1, 0.15) is 18.4 Å². The van der Waals surface area contributed by atoms with Crippen LogP contribution in [0.3, 0.4) is 0 Å². The monoisotopic (exact) mass is 190 g/mol. The first-order chi connectivity index (χ1) is 6.68. The van der Waals surface area contributed by atoms with E-state index >= 15 is 0 Å². The molecular weight excluding hydrogens is 172 g/mol. The smallest absolute Gasteiger partial charge is 0.00830 e. The summed E-state index contributed by atoms with van der Waals surface area (Å²) in [6.45, 7) is 3.66. The van der Waals surface area contributed by atoms with Gasteiger partial charge in [0.05, 0.1) is 0 Å². The van der Waals surface area contributed by atoms with Gasteiger partial charge in [-0.05, 0) is 24.8 Å². The van der Waals surface area contributed by atoms with Gasteiger partial charge in [-0.2, -0.15) is 0 Å². The van der Waals surface area contributed by atoms with Crippen LogP contribution in [0.4, 0.5) is 0 Å². The fourth-order valence-electron chi connectivity index (χ4n) is 1.39. The molecule has 1 aromatic rings. The lowest BCUT2D eigenvalue weighted by Gasteiger charge is -2.11. The van der Waals surface area contributed by atoms with Crippen molar-refractivity contribution in [3.05, 3.63) is 48.2 Å². The molecule has 0 bridgehead atoms. The normalized spacial score (nSPS) is 12.4. The molecule has 0 heterocycles. The van der Waals surface area contributed by atoms with Gasteiger partial charge in [0, 0.05) is 11.7 Å². The summed E-state index contributed by atoms with van der Waals surface area (Å²) in [5.41, 5.74) is 13.4. The molecule has 1 rings (SSSR count). The Kier molecular flexibility index (Phi) is 4.20. The zero-order valence-electron chi connectivity index (χ0n) is 8.45. The van der Waals surface area contributed by atoms with E-state index in [1.807, 2.05) is 18.2 Å². The molecule has 14 heavy (non-hydrogen) atoms. The van der Waals surface area contributed by atoms with E-state index in [1.165, 1.54) is 5.56 Å². The average molecular weight is 190 g/mol. The number of nitrogens with two attached hydrogens (primary N) is 2. The fraction of sp³-hybridized carbons (Fsp3) is 0.333. The van der Waals surface area contributed by atoms with E-state index in [-0.39, 0.29) is 6.04 Å². The summed E-state index contributed by atoms with van der Waals surface area (Å²) in [7, 11) is 0. The van der Waals surface area contributed by atoms with Crippen molar-refractivity contribution < 1.29 is 0 Å². The third-order valence-corrected chi connectivity index (χ3v) is 2.18. The summed E-state index contributed by atoms with van der Waals surface area (Å²) in [6.07, 6.45) is 2.63. The SMILES string of the molecule is C=C(N)CCC(N)Cc1ccccc1. The van der Waals surface area contributed by atoms with Gasteiger partial charge in [0.2, 0.25) is 0 Å². The van der Waals surface area contributed by atoms with Crippen LogP contribution in [0.2, 0.25) is 0 Å². The number of allylic oxidation sites excluding steroid dienone is 1. The second kappa shape index (κ2) is 5.45. The van der Waals surface area contributed by atoms with Crippen LogP contribution in [0.5, 0.6) is 0 Å². The van der Waals surface area contributed by atoms with Crippen molar-refractivity contribution in [1.29, 1.82) is 0 Å². The zero-order valence-corrected chi connectivity index (χ0v) is 8.45. The van der Waals surface area contributed by atoms with Gasteiger partial charge < -0.3 is 11.5 Å². The molecule has 4 N–H and O–H groups in total. The number of rotatable bonds is 5. The lowest BCUT2D eigenvalue weighted by atomic mass is 10.0. The molecule has 0 spiro atoms. The second-order valence-electron chi connectivity index (χ2n) is 3.65.